The van der Waals surface area contributed by atoms with Crippen LogP contribution in [0.25, 0.3) is 0 Å². The molecule has 7 heteroatoms. The summed E-state index contributed by atoms with van der Waals surface area (Å²) in [5.41, 5.74) is 0.444. The molecule has 1 heterocycles. The number of nitrogens with two attached hydrogens (primary N) is 1. The van der Waals surface area contributed by atoms with Crippen molar-refractivity contribution in [3.8, 4) is 0 Å². The van der Waals surface area contributed by atoms with E-state index in [2.05, 4.69) is 0 Å². The van der Waals surface area contributed by atoms with Crippen LogP contribution in [0.3, 0.4) is 0 Å². The van der Waals surface area contributed by atoms with E-state index in [0.29, 0.717) is 32.0 Å². The smallest absolute Gasteiger partial charge is 0.317 e. The van der Waals surface area contributed by atoms with Crippen molar-refractivity contribution in [1.82, 2.24) is 4.31 Å². The molecular weight excluding hydrogens is 242 g/mol. The van der Waals surface area contributed by atoms with Gasteiger partial charge >= 0.3 is 10.2 Å². The molecule has 0 atom stereocenters. The summed E-state index contributed by atoms with van der Waals surface area (Å²) >= 11 is 0. The van der Waals surface area contributed by atoms with Crippen LogP contribution in [0.5, 0.6) is 0 Å². The average Bonchev–Trinajstić information content (AvgIpc) is 2.40. The monoisotopic (exact) mass is 257 g/mol. The van der Waals surface area contributed by atoms with E-state index >= 15 is 0 Å². The second-order valence-corrected chi connectivity index (χ2v) is 5.46. The minimum atomic E-state index is -3.65. The number of para-hydroxylation sites is 1. The largest absolute Gasteiger partial charge is 0.379 e. The van der Waals surface area contributed by atoms with E-state index in [-0.39, 0.29) is 0 Å². The lowest BCUT2D eigenvalue weighted by Crippen LogP contribution is -2.51. The maximum atomic E-state index is 12.2. The van der Waals surface area contributed by atoms with Crippen LogP contribution < -0.4 is 10.3 Å². The van der Waals surface area contributed by atoms with E-state index in [9.17, 15) is 8.42 Å². The van der Waals surface area contributed by atoms with Crippen LogP contribution in [-0.2, 0) is 14.9 Å². The van der Waals surface area contributed by atoms with Crippen molar-refractivity contribution in [1.29, 1.82) is 0 Å². The molecule has 0 aliphatic carbocycles. The highest BCUT2D eigenvalue weighted by Gasteiger charge is 2.29. The van der Waals surface area contributed by atoms with Crippen LogP contribution in [-0.4, -0.2) is 39.0 Å². The number of hydrogen-bond donors (Lipinski definition) is 1. The third-order valence-corrected chi connectivity index (χ3v) is 4.28. The lowest BCUT2D eigenvalue weighted by molar-refractivity contribution is 0.0729. The first kappa shape index (κ1) is 12.3. The molecule has 1 aromatic rings. The number of anilines is 1. The Morgan fingerprint density at radius 1 is 1.18 bits per heavy atom. The Bertz CT molecular complexity index is 457. The SMILES string of the molecule is NN(c1ccccc1)S(=O)(=O)N1CCOCC1. The first-order chi connectivity index (χ1) is 8.12. The summed E-state index contributed by atoms with van der Waals surface area (Å²) in [4.78, 5) is 0. The predicted octanol–water partition coefficient (Wildman–Crippen LogP) is -0.0563. The van der Waals surface area contributed by atoms with E-state index in [1.54, 1.807) is 30.3 Å². The molecule has 0 saturated carbocycles. The van der Waals surface area contributed by atoms with Crippen LogP contribution in [0.15, 0.2) is 30.3 Å². The number of ether oxygens (including phenoxy) is 1. The van der Waals surface area contributed by atoms with E-state index in [0.717, 1.165) is 4.41 Å². The summed E-state index contributed by atoms with van der Waals surface area (Å²) in [5, 5.41) is 0. The van der Waals surface area contributed by atoms with Gasteiger partial charge in [0, 0.05) is 13.1 Å². The number of benzene rings is 1. The van der Waals surface area contributed by atoms with Gasteiger partial charge in [-0.2, -0.15) is 17.1 Å². The summed E-state index contributed by atoms with van der Waals surface area (Å²) in [6.07, 6.45) is 0. The molecule has 1 saturated heterocycles. The molecule has 0 radical (unpaired) electrons. The van der Waals surface area contributed by atoms with Gasteiger partial charge in [0.1, 0.15) is 0 Å². The maximum Gasteiger partial charge on any atom is 0.317 e. The Morgan fingerprint density at radius 3 is 2.35 bits per heavy atom. The molecular formula is C10H15N3O3S. The summed E-state index contributed by atoms with van der Waals surface area (Å²) in [6, 6.07) is 8.59. The van der Waals surface area contributed by atoms with E-state index in [1.165, 1.54) is 4.31 Å². The van der Waals surface area contributed by atoms with Gasteiger partial charge in [0.2, 0.25) is 0 Å². The van der Waals surface area contributed by atoms with Gasteiger partial charge in [0.15, 0.2) is 0 Å². The molecule has 2 rings (SSSR count). The molecule has 2 N–H and O–H groups in total. The molecule has 0 bridgehead atoms. The van der Waals surface area contributed by atoms with Gasteiger partial charge < -0.3 is 4.74 Å². The van der Waals surface area contributed by atoms with Crippen LogP contribution in [0.1, 0.15) is 0 Å². The first-order valence-corrected chi connectivity index (χ1v) is 6.70. The number of hydrazine groups is 1. The van der Waals surface area contributed by atoms with Crippen LogP contribution in [0.2, 0.25) is 0 Å². The Hall–Kier alpha value is -1.15. The highest BCUT2D eigenvalue weighted by atomic mass is 32.2. The van der Waals surface area contributed by atoms with Crippen molar-refractivity contribution in [2.45, 2.75) is 0 Å². The third-order valence-electron chi connectivity index (χ3n) is 2.56. The van der Waals surface area contributed by atoms with Crippen molar-refractivity contribution in [2.24, 2.45) is 5.84 Å². The average molecular weight is 257 g/mol. The topological polar surface area (TPSA) is 75.9 Å². The van der Waals surface area contributed by atoms with Crippen molar-refractivity contribution < 1.29 is 13.2 Å². The number of rotatable bonds is 3. The molecule has 0 aromatic heterocycles. The molecule has 0 spiro atoms. The molecule has 0 unspecified atom stereocenters. The lowest BCUT2D eigenvalue weighted by Gasteiger charge is -2.30. The Kier molecular flexibility index (Phi) is 3.63. The van der Waals surface area contributed by atoms with Crippen LogP contribution in [0.4, 0.5) is 5.69 Å². The van der Waals surface area contributed by atoms with E-state index < -0.39 is 10.2 Å². The van der Waals surface area contributed by atoms with E-state index in [1.807, 2.05) is 0 Å². The van der Waals surface area contributed by atoms with Crippen molar-refractivity contribution in [3.63, 3.8) is 0 Å². The maximum absolute atomic E-state index is 12.2. The highest BCUT2D eigenvalue weighted by molar-refractivity contribution is 7.90. The molecule has 1 aromatic carbocycles. The Balaban J connectivity index is 2.20. The summed E-state index contributed by atoms with van der Waals surface area (Å²) in [7, 11) is -3.65. The second-order valence-electron chi connectivity index (χ2n) is 3.65. The Morgan fingerprint density at radius 2 is 1.76 bits per heavy atom. The zero-order chi connectivity index (χ0) is 12.3. The Labute approximate surface area is 101 Å². The molecule has 1 fully saturated rings. The fraction of sp³-hybridized carbons (Fsp3) is 0.400. The summed E-state index contributed by atoms with van der Waals surface area (Å²) in [5.74, 6) is 5.67. The highest BCUT2D eigenvalue weighted by Crippen LogP contribution is 2.16. The first-order valence-electron chi connectivity index (χ1n) is 5.30. The molecule has 94 valence electrons. The summed E-state index contributed by atoms with van der Waals surface area (Å²) < 4.78 is 31.6. The fourth-order valence-electron chi connectivity index (χ4n) is 1.61. The fourth-order valence-corrected chi connectivity index (χ4v) is 2.86. The van der Waals surface area contributed by atoms with Gasteiger partial charge in [-0.05, 0) is 12.1 Å². The van der Waals surface area contributed by atoms with Crippen molar-refractivity contribution in [3.05, 3.63) is 30.3 Å². The van der Waals surface area contributed by atoms with Crippen LogP contribution in [0, 0.1) is 0 Å². The lowest BCUT2D eigenvalue weighted by atomic mass is 10.3. The van der Waals surface area contributed by atoms with Crippen molar-refractivity contribution in [2.75, 3.05) is 30.7 Å². The zero-order valence-corrected chi connectivity index (χ0v) is 10.1. The van der Waals surface area contributed by atoms with Gasteiger partial charge in [-0.15, -0.1) is 0 Å². The molecule has 0 amide bonds. The number of nitrogens with zero attached hydrogens (tertiary/aromatic N) is 2. The number of hydrogen-bond acceptors (Lipinski definition) is 4. The molecule has 6 nitrogen and oxygen atoms in total. The number of morpholine rings is 1. The van der Waals surface area contributed by atoms with Gasteiger partial charge in [-0.3, -0.25) is 0 Å². The van der Waals surface area contributed by atoms with Gasteiger partial charge in [0.25, 0.3) is 0 Å². The quantitative estimate of drug-likeness (QED) is 0.608. The summed E-state index contributed by atoms with van der Waals surface area (Å²) in [6.45, 7) is 1.48. The van der Waals surface area contributed by atoms with Gasteiger partial charge in [0.05, 0.1) is 18.9 Å². The molecule has 17 heavy (non-hydrogen) atoms. The van der Waals surface area contributed by atoms with Crippen LogP contribution >= 0.6 is 0 Å². The third kappa shape index (κ3) is 2.58. The van der Waals surface area contributed by atoms with E-state index in [4.69, 9.17) is 10.6 Å². The normalized spacial score (nSPS) is 17.9. The van der Waals surface area contributed by atoms with Gasteiger partial charge in [-0.25, -0.2) is 5.84 Å². The molecule has 1 aliphatic rings. The van der Waals surface area contributed by atoms with Gasteiger partial charge in [-0.1, -0.05) is 18.2 Å². The standard InChI is InChI=1S/C10H15N3O3S/c11-13(10-4-2-1-3-5-10)17(14,15)12-6-8-16-9-7-12/h1-5H,6-9,11H2. The second kappa shape index (κ2) is 5.01. The molecule has 1 aliphatic heterocycles. The minimum Gasteiger partial charge on any atom is -0.379 e. The minimum absolute atomic E-state index is 0.336. The van der Waals surface area contributed by atoms with Crippen molar-refractivity contribution >= 4 is 15.9 Å². The predicted molar refractivity (Wildman–Crippen MR) is 64.4 cm³/mol. The zero-order valence-electron chi connectivity index (χ0n) is 9.32.